The van der Waals surface area contributed by atoms with Crippen molar-refractivity contribution < 1.29 is 9.72 Å². The summed E-state index contributed by atoms with van der Waals surface area (Å²) in [7, 11) is 0. The van der Waals surface area contributed by atoms with Crippen LogP contribution in [0.15, 0.2) is 18.2 Å². The van der Waals surface area contributed by atoms with E-state index in [1.54, 1.807) is 6.07 Å². The average molecular weight is 291 g/mol. The number of Topliss-reactive ketones (excluding diaryl/α,β-unsaturated/α-hetero) is 1. The number of benzene rings is 1. The average Bonchev–Trinajstić information content (AvgIpc) is 2.03. The van der Waals surface area contributed by atoms with Crippen LogP contribution in [0, 0.1) is 13.7 Å². The Hall–Kier alpha value is -0.980. The number of hydrogen-bond acceptors (Lipinski definition) is 3. The van der Waals surface area contributed by atoms with Gasteiger partial charge in [0.2, 0.25) is 0 Å². The topological polar surface area (TPSA) is 60.2 Å². The first-order valence-corrected chi connectivity index (χ1v) is 4.55. The molecule has 0 aliphatic heterocycles. The van der Waals surface area contributed by atoms with Crippen molar-refractivity contribution in [3.8, 4) is 0 Å². The van der Waals surface area contributed by atoms with Crippen LogP contribution >= 0.6 is 22.6 Å². The van der Waals surface area contributed by atoms with Crippen molar-refractivity contribution in [3.05, 3.63) is 37.4 Å². The maximum absolute atomic E-state index is 11.0. The van der Waals surface area contributed by atoms with Crippen molar-refractivity contribution in [2.24, 2.45) is 0 Å². The SMILES string of the molecule is CC(=O)c1cccc([N+](=O)[O-])c1I. The lowest BCUT2D eigenvalue weighted by Gasteiger charge is -1.99. The Labute approximate surface area is 88.2 Å². The van der Waals surface area contributed by atoms with Crippen LogP contribution in [0.5, 0.6) is 0 Å². The summed E-state index contributed by atoms with van der Waals surface area (Å²) < 4.78 is 0.401. The first-order valence-electron chi connectivity index (χ1n) is 3.48. The molecule has 0 fully saturated rings. The van der Waals surface area contributed by atoms with Crippen molar-refractivity contribution in [2.45, 2.75) is 6.92 Å². The van der Waals surface area contributed by atoms with Gasteiger partial charge in [0.05, 0.1) is 4.92 Å². The van der Waals surface area contributed by atoms with E-state index in [9.17, 15) is 14.9 Å². The maximum Gasteiger partial charge on any atom is 0.283 e. The molecule has 0 aliphatic rings. The summed E-state index contributed by atoms with van der Waals surface area (Å²) in [5.41, 5.74) is 0.378. The molecule has 1 aromatic carbocycles. The molecule has 1 aromatic rings. The molecular weight excluding hydrogens is 285 g/mol. The number of nitrogens with zero attached hydrogens (tertiary/aromatic N) is 1. The lowest BCUT2D eigenvalue weighted by atomic mass is 10.1. The number of nitro benzene ring substituents is 1. The molecule has 0 aliphatic carbocycles. The zero-order valence-electron chi connectivity index (χ0n) is 6.78. The lowest BCUT2D eigenvalue weighted by molar-refractivity contribution is -0.385. The molecule has 0 aromatic heterocycles. The summed E-state index contributed by atoms with van der Waals surface area (Å²) in [6.45, 7) is 1.39. The quantitative estimate of drug-likeness (QED) is 0.364. The summed E-state index contributed by atoms with van der Waals surface area (Å²) >= 11 is 1.81. The molecular formula is C8H6INO3. The first kappa shape index (κ1) is 10.1. The summed E-state index contributed by atoms with van der Waals surface area (Å²) in [5.74, 6) is -0.159. The van der Waals surface area contributed by atoms with E-state index >= 15 is 0 Å². The van der Waals surface area contributed by atoms with Gasteiger partial charge in [-0.15, -0.1) is 0 Å². The number of nitro groups is 1. The fourth-order valence-corrected chi connectivity index (χ4v) is 1.87. The fraction of sp³-hybridized carbons (Fsp3) is 0.125. The van der Waals surface area contributed by atoms with Crippen LogP contribution in [-0.4, -0.2) is 10.7 Å². The third-order valence-electron chi connectivity index (χ3n) is 1.55. The standard InChI is InChI=1S/C8H6INO3/c1-5(11)6-3-2-4-7(8(6)9)10(12)13/h2-4H,1H3. The highest BCUT2D eigenvalue weighted by Crippen LogP contribution is 2.24. The van der Waals surface area contributed by atoms with Gasteiger partial charge >= 0.3 is 0 Å². The predicted octanol–water partition coefficient (Wildman–Crippen LogP) is 2.40. The Morgan fingerprint density at radius 2 is 2.15 bits per heavy atom. The zero-order valence-corrected chi connectivity index (χ0v) is 8.94. The molecule has 68 valence electrons. The van der Waals surface area contributed by atoms with E-state index < -0.39 is 4.92 Å². The van der Waals surface area contributed by atoms with Crippen molar-refractivity contribution in [1.82, 2.24) is 0 Å². The van der Waals surface area contributed by atoms with Gasteiger partial charge in [0.25, 0.3) is 5.69 Å². The van der Waals surface area contributed by atoms with Crippen molar-refractivity contribution >= 4 is 34.1 Å². The van der Waals surface area contributed by atoms with E-state index in [4.69, 9.17) is 0 Å². The Kier molecular flexibility index (Phi) is 2.97. The fourth-order valence-electron chi connectivity index (χ4n) is 0.933. The van der Waals surface area contributed by atoms with E-state index in [1.807, 2.05) is 22.6 Å². The molecule has 0 saturated heterocycles. The molecule has 0 N–H and O–H groups in total. The van der Waals surface area contributed by atoms with E-state index in [2.05, 4.69) is 0 Å². The molecule has 4 nitrogen and oxygen atoms in total. The number of halogens is 1. The van der Waals surface area contributed by atoms with Gasteiger partial charge in [-0.05, 0) is 35.6 Å². The van der Waals surface area contributed by atoms with Crippen LogP contribution in [0.25, 0.3) is 0 Å². The number of rotatable bonds is 2. The van der Waals surface area contributed by atoms with Crippen LogP contribution in [0.2, 0.25) is 0 Å². The molecule has 0 atom stereocenters. The summed E-state index contributed by atoms with van der Waals surface area (Å²) in [6.07, 6.45) is 0. The number of carbonyl (C=O) groups is 1. The van der Waals surface area contributed by atoms with E-state index in [-0.39, 0.29) is 11.5 Å². The summed E-state index contributed by atoms with van der Waals surface area (Å²) in [4.78, 5) is 21.0. The molecule has 5 heteroatoms. The summed E-state index contributed by atoms with van der Waals surface area (Å²) in [5, 5.41) is 10.5. The second-order valence-electron chi connectivity index (χ2n) is 2.45. The van der Waals surface area contributed by atoms with Gasteiger partial charge < -0.3 is 0 Å². The number of carbonyl (C=O) groups excluding carboxylic acids is 1. The van der Waals surface area contributed by atoms with Crippen LogP contribution in [0.1, 0.15) is 17.3 Å². The predicted molar refractivity (Wildman–Crippen MR) is 55.8 cm³/mol. The van der Waals surface area contributed by atoms with Gasteiger partial charge in [0, 0.05) is 11.6 Å². The largest absolute Gasteiger partial charge is 0.294 e. The van der Waals surface area contributed by atoms with E-state index in [0.717, 1.165) is 0 Å². The van der Waals surface area contributed by atoms with Crippen LogP contribution in [0.4, 0.5) is 5.69 Å². The van der Waals surface area contributed by atoms with Crippen LogP contribution in [0.3, 0.4) is 0 Å². The van der Waals surface area contributed by atoms with Crippen LogP contribution in [-0.2, 0) is 0 Å². The third kappa shape index (κ3) is 2.03. The Morgan fingerprint density at radius 3 is 2.62 bits per heavy atom. The normalized spacial score (nSPS) is 9.69. The minimum Gasteiger partial charge on any atom is -0.294 e. The second kappa shape index (κ2) is 3.82. The molecule has 1 rings (SSSR count). The highest BCUT2D eigenvalue weighted by atomic mass is 127. The zero-order chi connectivity index (χ0) is 10.0. The minimum absolute atomic E-state index is 0.0201. The molecule has 0 amide bonds. The maximum atomic E-state index is 11.0. The highest BCUT2D eigenvalue weighted by Gasteiger charge is 2.16. The Morgan fingerprint density at radius 1 is 1.54 bits per heavy atom. The lowest BCUT2D eigenvalue weighted by Crippen LogP contribution is -1.99. The molecule has 0 saturated carbocycles. The molecule has 0 unspecified atom stereocenters. The molecule has 13 heavy (non-hydrogen) atoms. The molecule has 0 spiro atoms. The van der Waals surface area contributed by atoms with Gasteiger partial charge in [-0.3, -0.25) is 14.9 Å². The monoisotopic (exact) mass is 291 g/mol. The molecule has 0 radical (unpaired) electrons. The van der Waals surface area contributed by atoms with Crippen LogP contribution < -0.4 is 0 Å². The van der Waals surface area contributed by atoms with Crippen molar-refractivity contribution in [3.63, 3.8) is 0 Å². The van der Waals surface area contributed by atoms with Gasteiger partial charge in [-0.2, -0.15) is 0 Å². The third-order valence-corrected chi connectivity index (χ3v) is 2.69. The summed E-state index contributed by atoms with van der Waals surface area (Å²) in [6, 6.07) is 4.47. The Bertz CT molecular complexity index is 343. The van der Waals surface area contributed by atoms with Crippen molar-refractivity contribution in [1.29, 1.82) is 0 Å². The van der Waals surface area contributed by atoms with Gasteiger partial charge in [0.1, 0.15) is 3.57 Å². The van der Waals surface area contributed by atoms with Gasteiger partial charge in [-0.25, -0.2) is 0 Å². The van der Waals surface area contributed by atoms with Gasteiger partial charge in [-0.1, -0.05) is 6.07 Å². The smallest absolute Gasteiger partial charge is 0.283 e. The highest BCUT2D eigenvalue weighted by molar-refractivity contribution is 14.1. The number of ketones is 1. The Balaban J connectivity index is 3.35. The van der Waals surface area contributed by atoms with Crippen molar-refractivity contribution in [2.75, 3.05) is 0 Å². The van der Waals surface area contributed by atoms with E-state index in [0.29, 0.717) is 9.13 Å². The van der Waals surface area contributed by atoms with Gasteiger partial charge in [0.15, 0.2) is 5.78 Å². The van der Waals surface area contributed by atoms with E-state index in [1.165, 1.54) is 19.1 Å². The first-order chi connectivity index (χ1) is 6.04. The number of hydrogen-bond donors (Lipinski definition) is 0. The molecule has 0 heterocycles. The second-order valence-corrected chi connectivity index (χ2v) is 3.53. The molecule has 0 bridgehead atoms. The minimum atomic E-state index is -0.492.